The van der Waals surface area contributed by atoms with Gasteiger partial charge in [0.25, 0.3) is 11.8 Å². The van der Waals surface area contributed by atoms with Crippen LogP contribution in [0, 0.1) is 0 Å². The summed E-state index contributed by atoms with van der Waals surface area (Å²) in [6.45, 7) is -0.983. The smallest absolute Gasteiger partial charge is 0.251 e. The Morgan fingerprint density at radius 3 is 1.90 bits per heavy atom. The van der Waals surface area contributed by atoms with Crippen LogP contribution < -0.4 is 24.8 Å². The third kappa shape index (κ3) is 6.43. The highest BCUT2D eigenvalue weighted by atomic mass is 16.5. The minimum atomic E-state index is -2.05. The summed E-state index contributed by atoms with van der Waals surface area (Å²) in [5, 5.41) is 51.6. The lowest BCUT2D eigenvalue weighted by Crippen LogP contribution is -2.52. The largest absolute Gasteiger partial charge is 0.493 e. The fourth-order valence-electron chi connectivity index (χ4n) is 2.46. The monoisotopic (exact) mass is 432 g/mol. The van der Waals surface area contributed by atoms with E-state index < -0.39 is 42.8 Å². The van der Waals surface area contributed by atoms with Crippen molar-refractivity contribution in [2.75, 3.05) is 41.0 Å². The van der Waals surface area contributed by atoms with Crippen molar-refractivity contribution in [3.8, 4) is 17.2 Å². The molecule has 0 heterocycles. The Balaban J connectivity index is 2.60. The van der Waals surface area contributed by atoms with E-state index in [1.54, 1.807) is 0 Å². The van der Waals surface area contributed by atoms with Gasteiger partial charge < -0.3 is 50.4 Å². The molecule has 2 amide bonds. The number of amides is 2. The van der Waals surface area contributed by atoms with Gasteiger partial charge in [0.2, 0.25) is 5.75 Å². The molecule has 0 saturated heterocycles. The van der Waals surface area contributed by atoms with Gasteiger partial charge in [0.15, 0.2) is 17.6 Å². The summed E-state index contributed by atoms with van der Waals surface area (Å²) in [5.74, 6) is -0.628. The summed E-state index contributed by atoms with van der Waals surface area (Å²) in [5.41, 5.74) is 0.215. The number of methoxy groups -OCH3 is 3. The minimum absolute atomic E-state index is 0.0220. The second-order valence-corrected chi connectivity index (χ2v) is 6.14. The van der Waals surface area contributed by atoms with Gasteiger partial charge in [-0.2, -0.15) is 0 Å². The van der Waals surface area contributed by atoms with Gasteiger partial charge in [-0.15, -0.1) is 0 Å². The van der Waals surface area contributed by atoms with Crippen molar-refractivity contribution < 1.29 is 49.3 Å². The molecule has 0 fully saturated rings. The van der Waals surface area contributed by atoms with Gasteiger partial charge in [-0.05, 0) is 12.1 Å². The Bertz CT molecular complexity index is 689. The van der Waals surface area contributed by atoms with Gasteiger partial charge in [-0.3, -0.25) is 9.59 Å². The highest BCUT2D eigenvalue weighted by Gasteiger charge is 2.33. The summed E-state index contributed by atoms with van der Waals surface area (Å²) in [7, 11) is 4.24. The molecular weight excluding hydrogens is 404 g/mol. The van der Waals surface area contributed by atoms with Gasteiger partial charge in [-0.1, -0.05) is 0 Å². The minimum Gasteiger partial charge on any atom is -0.493 e. The van der Waals surface area contributed by atoms with Crippen LogP contribution >= 0.6 is 0 Å². The molecule has 0 spiro atoms. The Kier molecular flexibility index (Phi) is 10.3. The summed E-state index contributed by atoms with van der Waals surface area (Å²) in [6.07, 6.45) is -7.70. The third-order valence-electron chi connectivity index (χ3n) is 4.16. The number of benzene rings is 1. The first-order valence-electron chi connectivity index (χ1n) is 8.90. The second kappa shape index (κ2) is 12.1. The van der Waals surface area contributed by atoms with Crippen LogP contribution in [0.1, 0.15) is 10.4 Å². The second-order valence-electron chi connectivity index (χ2n) is 6.14. The maximum Gasteiger partial charge on any atom is 0.251 e. The maximum absolute atomic E-state index is 12.3. The van der Waals surface area contributed by atoms with Crippen molar-refractivity contribution in [2.24, 2.45) is 0 Å². The van der Waals surface area contributed by atoms with Gasteiger partial charge in [0, 0.05) is 18.7 Å². The highest BCUT2D eigenvalue weighted by Crippen LogP contribution is 2.38. The van der Waals surface area contributed by atoms with Gasteiger partial charge in [0.05, 0.1) is 27.9 Å². The highest BCUT2D eigenvalue weighted by molar-refractivity contribution is 5.95. The topological polar surface area (TPSA) is 187 Å². The molecule has 7 N–H and O–H groups in total. The van der Waals surface area contributed by atoms with Crippen LogP contribution in [0.2, 0.25) is 0 Å². The van der Waals surface area contributed by atoms with Crippen molar-refractivity contribution in [1.29, 1.82) is 0 Å². The number of carbonyl (C=O) groups excluding carboxylic acids is 2. The van der Waals surface area contributed by atoms with Crippen LogP contribution in [-0.4, -0.2) is 103 Å². The van der Waals surface area contributed by atoms with Crippen LogP contribution in [0.4, 0.5) is 0 Å². The molecule has 0 saturated carbocycles. The molecule has 0 aliphatic carbocycles. The van der Waals surface area contributed by atoms with E-state index in [4.69, 9.17) is 19.3 Å². The molecule has 0 aromatic heterocycles. The summed E-state index contributed by atoms with van der Waals surface area (Å²) < 4.78 is 15.5. The predicted octanol–water partition coefficient (Wildman–Crippen LogP) is -3.01. The van der Waals surface area contributed by atoms with E-state index >= 15 is 0 Å². The van der Waals surface area contributed by atoms with Crippen LogP contribution in [0.3, 0.4) is 0 Å². The number of ether oxygens (including phenoxy) is 3. The number of rotatable bonds is 12. The van der Waals surface area contributed by atoms with E-state index in [-0.39, 0.29) is 30.2 Å². The molecular formula is C18H28N2O10. The normalized spacial score (nSPS) is 14.8. The van der Waals surface area contributed by atoms with Crippen LogP contribution in [-0.2, 0) is 4.79 Å². The molecule has 12 nitrogen and oxygen atoms in total. The molecule has 12 heteroatoms. The first-order chi connectivity index (χ1) is 14.2. The van der Waals surface area contributed by atoms with Gasteiger partial charge in [0.1, 0.15) is 18.3 Å². The van der Waals surface area contributed by atoms with E-state index in [1.807, 2.05) is 0 Å². The molecule has 1 aromatic rings. The molecule has 0 radical (unpaired) electrons. The molecule has 0 unspecified atom stereocenters. The van der Waals surface area contributed by atoms with E-state index in [0.717, 1.165) is 0 Å². The van der Waals surface area contributed by atoms with E-state index in [0.29, 0.717) is 5.75 Å². The first kappa shape index (κ1) is 25.4. The summed E-state index contributed by atoms with van der Waals surface area (Å²) in [4.78, 5) is 24.1. The standard InChI is InChI=1S/C18H28N2O10/c1-28-11-6-9(7-12(29-2)16(11)30-3)17(26)19-4-5-20-18(27)15(25)14(24)13(23)10(22)8-21/h6-7,10,13-15,21-25H,4-5,8H2,1-3H3,(H,19,26)(H,20,27)/t10-,13-,14-,15+/m1/s1. The lowest BCUT2D eigenvalue weighted by Gasteiger charge is -2.24. The average Bonchev–Trinajstić information content (AvgIpc) is 2.77. The zero-order valence-electron chi connectivity index (χ0n) is 16.9. The van der Waals surface area contributed by atoms with Crippen molar-refractivity contribution in [3.63, 3.8) is 0 Å². The number of aliphatic hydroxyl groups excluding tert-OH is 5. The fraction of sp³-hybridized carbons (Fsp3) is 0.556. The lowest BCUT2D eigenvalue weighted by atomic mass is 10.0. The molecule has 30 heavy (non-hydrogen) atoms. The van der Waals surface area contributed by atoms with Crippen LogP contribution in [0.25, 0.3) is 0 Å². The molecule has 0 aliphatic heterocycles. The van der Waals surface area contributed by atoms with Crippen LogP contribution in [0.15, 0.2) is 12.1 Å². The predicted molar refractivity (Wildman–Crippen MR) is 103 cm³/mol. The Morgan fingerprint density at radius 1 is 0.900 bits per heavy atom. The number of hydrogen-bond acceptors (Lipinski definition) is 10. The number of nitrogens with one attached hydrogen (secondary N) is 2. The first-order valence-corrected chi connectivity index (χ1v) is 8.90. The Labute approximate surface area is 173 Å². The lowest BCUT2D eigenvalue weighted by molar-refractivity contribution is -0.148. The van der Waals surface area contributed by atoms with Crippen molar-refractivity contribution in [1.82, 2.24) is 10.6 Å². The molecule has 170 valence electrons. The molecule has 1 aromatic carbocycles. The molecule has 4 atom stereocenters. The molecule has 0 aliphatic rings. The van der Waals surface area contributed by atoms with Gasteiger partial charge in [-0.25, -0.2) is 0 Å². The van der Waals surface area contributed by atoms with Crippen molar-refractivity contribution >= 4 is 11.8 Å². The third-order valence-corrected chi connectivity index (χ3v) is 4.16. The Morgan fingerprint density at radius 2 is 1.43 bits per heavy atom. The van der Waals surface area contributed by atoms with Crippen LogP contribution in [0.5, 0.6) is 17.2 Å². The van der Waals surface area contributed by atoms with E-state index in [1.165, 1.54) is 33.5 Å². The average molecular weight is 432 g/mol. The van der Waals surface area contributed by atoms with Crippen molar-refractivity contribution in [3.05, 3.63) is 17.7 Å². The molecule has 1 rings (SSSR count). The molecule has 0 bridgehead atoms. The summed E-state index contributed by atoms with van der Waals surface area (Å²) >= 11 is 0. The zero-order valence-corrected chi connectivity index (χ0v) is 16.9. The number of aliphatic hydroxyl groups is 5. The summed E-state index contributed by atoms with van der Waals surface area (Å²) in [6, 6.07) is 2.90. The SMILES string of the molecule is COc1cc(C(=O)NCCNC(=O)[C@@H](O)[C@H](O)[C@H](O)[C@H](O)CO)cc(OC)c1OC. The van der Waals surface area contributed by atoms with Crippen molar-refractivity contribution in [2.45, 2.75) is 24.4 Å². The quantitative estimate of drug-likeness (QED) is 0.168. The maximum atomic E-state index is 12.3. The number of carbonyl (C=O) groups is 2. The van der Waals surface area contributed by atoms with E-state index in [9.17, 15) is 30.0 Å². The zero-order chi connectivity index (χ0) is 22.8. The van der Waals surface area contributed by atoms with E-state index in [2.05, 4.69) is 10.6 Å². The fourth-order valence-corrected chi connectivity index (χ4v) is 2.46. The van der Waals surface area contributed by atoms with Gasteiger partial charge >= 0.3 is 0 Å². The number of hydrogen-bond donors (Lipinski definition) is 7. The Hall–Kier alpha value is -2.64.